The van der Waals surface area contributed by atoms with Gasteiger partial charge in [0.2, 0.25) is 5.91 Å². The van der Waals surface area contributed by atoms with Crippen molar-refractivity contribution in [1.82, 2.24) is 5.43 Å². The van der Waals surface area contributed by atoms with Gasteiger partial charge in [0.15, 0.2) is 0 Å². The van der Waals surface area contributed by atoms with E-state index in [0.29, 0.717) is 17.9 Å². The lowest BCUT2D eigenvalue weighted by molar-refractivity contribution is -0.121. The van der Waals surface area contributed by atoms with Gasteiger partial charge in [-0.15, -0.1) is 0 Å². The molecule has 0 saturated heterocycles. The standard InChI is InChI=1S/C18H28N2O3/c1-4-5-6-7-8-9-10-18(21)20-19-14-15-11-12-16(22-2)13-17(15)23-3/h11-14H,4-10H2,1-3H3,(H,20,21). The number of unbranched alkanes of at least 4 members (excludes halogenated alkanes) is 5. The number of benzene rings is 1. The van der Waals surface area contributed by atoms with Crippen molar-refractivity contribution in [3.8, 4) is 11.5 Å². The van der Waals surface area contributed by atoms with Crippen LogP contribution in [0, 0.1) is 0 Å². The summed E-state index contributed by atoms with van der Waals surface area (Å²) in [7, 11) is 3.19. The van der Waals surface area contributed by atoms with E-state index in [0.717, 1.165) is 18.4 Å². The van der Waals surface area contributed by atoms with Gasteiger partial charge < -0.3 is 9.47 Å². The molecule has 0 heterocycles. The van der Waals surface area contributed by atoms with Crippen LogP contribution in [-0.4, -0.2) is 26.3 Å². The Hall–Kier alpha value is -2.04. The van der Waals surface area contributed by atoms with Crippen molar-refractivity contribution >= 4 is 12.1 Å². The van der Waals surface area contributed by atoms with Gasteiger partial charge in [-0.2, -0.15) is 5.10 Å². The van der Waals surface area contributed by atoms with Crippen molar-refractivity contribution in [3.05, 3.63) is 23.8 Å². The third-order valence-electron chi connectivity index (χ3n) is 3.59. The van der Waals surface area contributed by atoms with Crippen LogP contribution >= 0.6 is 0 Å². The number of nitrogens with one attached hydrogen (secondary N) is 1. The van der Waals surface area contributed by atoms with Crippen molar-refractivity contribution in [2.75, 3.05) is 14.2 Å². The molecule has 128 valence electrons. The molecule has 1 aromatic rings. The molecule has 0 spiro atoms. The molecule has 0 atom stereocenters. The molecule has 0 saturated carbocycles. The van der Waals surface area contributed by atoms with E-state index in [4.69, 9.17) is 9.47 Å². The summed E-state index contributed by atoms with van der Waals surface area (Å²) in [6.45, 7) is 2.20. The molecule has 0 aliphatic carbocycles. The highest BCUT2D eigenvalue weighted by atomic mass is 16.5. The molecule has 1 aromatic carbocycles. The molecule has 23 heavy (non-hydrogen) atoms. The fourth-order valence-corrected chi connectivity index (χ4v) is 2.22. The average molecular weight is 320 g/mol. The first-order chi connectivity index (χ1) is 11.2. The van der Waals surface area contributed by atoms with Crippen LogP contribution in [0.15, 0.2) is 23.3 Å². The fraction of sp³-hybridized carbons (Fsp3) is 0.556. The van der Waals surface area contributed by atoms with E-state index < -0.39 is 0 Å². The van der Waals surface area contributed by atoms with Crippen molar-refractivity contribution in [2.45, 2.75) is 51.9 Å². The van der Waals surface area contributed by atoms with Gasteiger partial charge in [-0.3, -0.25) is 4.79 Å². The van der Waals surface area contributed by atoms with Gasteiger partial charge in [0.05, 0.1) is 20.4 Å². The van der Waals surface area contributed by atoms with Crippen LogP contribution in [0.1, 0.15) is 57.4 Å². The molecule has 0 aliphatic heterocycles. The Labute approximate surface area is 139 Å². The number of hydrazone groups is 1. The zero-order valence-corrected chi connectivity index (χ0v) is 14.4. The maximum atomic E-state index is 11.7. The largest absolute Gasteiger partial charge is 0.497 e. The zero-order chi connectivity index (χ0) is 16.9. The van der Waals surface area contributed by atoms with Crippen molar-refractivity contribution < 1.29 is 14.3 Å². The summed E-state index contributed by atoms with van der Waals surface area (Å²) >= 11 is 0. The van der Waals surface area contributed by atoms with Gasteiger partial charge in [-0.25, -0.2) is 5.43 Å². The second kappa shape index (κ2) is 11.5. The number of methoxy groups -OCH3 is 2. The number of ether oxygens (including phenoxy) is 2. The van der Waals surface area contributed by atoms with Crippen LogP contribution < -0.4 is 14.9 Å². The maximum absolute atomic E-state index is 11.7. The number of hydrogen-bond acceptors (Lipinski definition) is 4. The average Bonchev–Trinajstić information content (AvgIpc) is 2.58. The molecule has 0 aromatic heterocycles. The number of rotatable bonds is 11. The smallest absolute Gasteiger partial charge is 0.240 e. The topological polar surface area (TPSA) is 59.9 Å². The Balaban J connectivity index is 2.33. The minimum atomic E-state index is -0.0516. The number of nitrogens with zero attached hydrogens (tertiary/aromatic N) is 1. The van der Waals surface area contributed by atoms with Crippen molar-refractivity contribution in [2.24, 2.45) is 5.10 Å². The summed E-state index contributed by atoms with van der Waals surface area (Å²) in [4.78, 5) is 11.7. The highest BCUT2D eigenvalue weighted by Gasteiger charge is 2.03. The monoisotopic (exact) mass is 320 g/mol. The Morgan fingerprint density at radius 1 is 1.13 bits per heavy atom. The SMILES string of the molecule is CCCCCCCCC(=O)NN=Cc1ccc(OC)cc1OC. The molecule has 0 bridgehead atoms. The van der Waals surface area contributed by atoms with Crippen LogP contribution in [0.3, 0.4) is 0 Å². The van der Waals surface area contributed by atoms with Crippen LogP contribution in [0.5, 0.6) is 11.5 Å². The van der Waals surface area contributed by atoms with E-state index in [9.17, 15) is 4.79 Å². The van der Waals surface area contributed by atoms with E-state index >= 15 is 0 Å². The molecule has 5 heteroatoms. The summed E-state index contributed by atoms with van der Waals surface area (Å²) in [5, 5.41) is 3.99. The van der Waals surface area contributed by atoms with E-state index in [-0.39, 0.29) is 5.91 Å². The summed E-state index contributed by atoms with van der Waals surface area (Å²) in [6, 6.07) is 5.43. The first kappa shape index (κ1) is 19.0. The number of carbonyl (C=O) groups excluding carboxylic acids is 1. The second-order valence-electron chi connectivity index (χ2n) is 5.42. The Morgan fingerprint density at radius 3 is 2.57 bits per heavy atom. The summed E-state index contributed by atoms with van der Waals surface area (Å²) < 4.78 is 10.4. The molecule has 1 N–H and O–H groups in total. The normalized spacial score (nSPS) is 10.7. The van der Waals surface area contributed by atoms with E-state index in [1.165, 1.54) is 25.7 Å². The van der Waals surface area contributed by atoms with E-state index in [1.807, 2.05) is 12.1 Å². The molecule has 1 rings (SSSR count). The maximum Gasteiger partial charge on any atom is 0.240 e. The molecule has 5 nitrogen and oxygen atoms in total. The highest BCUT2D eigenvalue weighted by Crippen LogP contribution is 2.22. The van der Waals surface area contributed by atoms with Gasteiger partial charge >= 0.3 is 0 Å². The Kier molecular flexibility index (Phi) is 9.52. The number of amides is 1. The lowest BCUT2D eigenvalue weighted by atomic mass is 10.1. The highest BCUT2D eigenvalue weighted by molar-refractivity contribution is 5.85. The minimum absolute atomic E-state index is 0.0516. The van der Waals surface area contributed by atoms with E-state index in [2.05, 4.69) is 17.5 Å². The van der Waals surface area contributed by atoms with Gasteiger partial charge in [-0.1, -0.05) is 39.0 Å². The second-order valence-corrected chi connectivity index (χ2v) is 5.42. The molecular weight excluding hydrogens is 292 g/mol. The first-order valence-corrected chi connectivity index (χ1v) is 8.25. The number of carbonyl (C=O) groups is 1. The van der Waals surface area contributed by atoms with Gasteiger partial charge in [0, 0.05) is 18.1 Å². The molecule has 1 amide bonds. The molecule has 0 unspecified atom stereocenters. The molecule has 0 fully saturated rings. The Morgan fingerprint density at radius 2 is 1.87 bits per heavy atom. The van der Waals surface area contributed by atoms with E-state index in [1.54, 1.807) is 26.5 Å². The van der Waals surface area contributed by atoms with Crippen LogP contribution in [0.4, 0.5) is 0 Å². The fourth-order valence-electron chi connectivity index (χ4n) is 2.22. The van der Waals surface area contributed by atoms with Crippen LogP contribution in [0.25, 0.3) is 0 Å². The molecule has 0 radical (unpaired) electrons. The van der Waals surface area contributed by atoms with Crippen molar-refractivity contribution in [1.29, 1.82) is 0 Å². The predicted octanol–water partition coefficient (Wildman–Crippen LogP) is 3.90. The zero-order valence-electron chi connectivity index (χ0n) is 14.4. The lowest BCUT2D eigenvalue weighted by Crippen LogP contribution is -2.16. The molecular formula is C18H28N2O3. The van der Waals surface area contributed by atoms with Gasteiger partial charge in [-0.05, 0) is 18.6 Å². The third kappa shape index (κ3) is 7.68. The Bertz CT molecular complexity index is 501. The quantitative estimate of drug-likeness (QED) is 0.382. The van der Waals surface area contributed by atoms with Crippen LogP contribution in [-0.2, 0) is 4.79 Å². The summed E-state index contributed by atoms with van der Waals surface area (Å²) in [6.07, 6.45) is 9.09. The predicted molar refractivity (Wildman–Crippen MR) is 93.3 cm³/mol. The first-order valence-electron chi connectivity index (χ1n) is 8.25. The third-order valence-corrected chi connectivity index (χ3v) is 3.59. The van der Waals surface area contributed by atoms with Gasteiger partial charge in [0.25, 0.3) is 0 Å². The minimum Gasteiger partial charge on any atom is -0.497 e. The molecule has 0 aliphatic rings. The summed E-state index contributed by atoms with van der Waals surface area (Å²) in [5.74, 6) is 1.31. The van der Waals surface area contributed by atoms with Crippen molar-refractivity contribution in [3.63, 3.8) is 0 Å². The van der Waals surface area contributed by atoms with Crippen LogP contribution in [0.2, 0.25) is 0 Å². The number of hydrogen-bond donors (Lipinski definition) is 1. The summed E-state index contributed by atoms with van der Waals surface area (Å²) in [5.41, 5.74) is 3.34. The van der Waals surface area contributed by atoms with Gasteiger partial charge in [0.1, 0.15) is 11.5 Å². The lowest BCUT2D eigenvalue weighted by Gasteiger charge is -2.07.